The molecule has 0 unspecified atom stereocenters. The summed E-state index contributed by atoms with van der Waals surface area (Å²) in [5.74, 6) is 0.241. The number of sulfone groups is 1. The fourth-order valence-corrected chi connectivity index (χ4v) is 3.55. The van der Waals surface area contributed by atoms with Gasteiger partial charge in [-0.1, -0.05) is 50.2 Å². The average Bonchev–Trinajstić information content (AvgIpc) is 2.54. The van der Waals surface area contributed by atoms with E-state index in [1.165, 1.54) is 11.6 Å². The van der Waals surface area contributed by atoms with Crippen molar-refractivity contribution in [3.05, 3.63) is 59.7 Å². The molecule has 0 saturated heterocycles. The van der Waals surface area contributed by atoms with E-state index < -0.39 is 9.84 Å². The second kappa shape index (κ2) is 8.47. The van der Waals surface area contributed by atoms with E-state index in [4.69, 9.17) is 0 Å². The Morgan fingerprint density at radius 2 is 1.69 bits per heavy atom. The first-order valence-electron chi connectivity index (χ1n) is 8.53. The van der Waals surface area contributed by atoms with Crippen molar-refractivity contribution in [3.63, 3.8) is 0 Å². The molecule has 0 radical (unpaired) electrons. The Morgan fingerprint density at radius 3 is 2.27 bits per heavy atom. The number of likely N-dealkylation sites (N-methyl/N-ethyl adjacent to an activating group) is 1. The number of anilines is 1. The summed E-state index contributed by atoms with van der Waals surface area (Å²) < 4.78 is 23.6. The molecule has 0 fully saturated rings. The molecule has 0 aliphatic heterocycles. The van der Waals surface area contributed by atoms with Crippen LogP contribution in [-0.4, -0.2) is 39.1 Å². The van der Waals surface area contributed by atoms with Crippen LogP contribution in [0.25, 0.3) is 0 Å². The molecule has 0 bridgehead atoms. The molecule has 0 aliphatic carbocycles. The second-order valence-electron chi connectivity index (χ2n) is 6.89. The van der Waals surface area contributed by atoms with Gasteiger partial charge in [0, 0.05) is 12.8 Å². The molecule has 0 saturated carbocycles. The summed E-state index contributed by atoms with van der Waals surface area (Å²) in [4.78, 5) is 14.3. The van der Waals surface area contributed by atoms with Gasteiger partial charge < -0.3 is 5.32 Å². The predicted molar refractivity (Wildman–Crippen MR) is 105 cm³/mol. The van der Waals surface area contributed by atoms with Crippen molar-refractivity contribution in [1.29, 1.82) is 0 Å². The monoisotopic (exact) mass is 374 g/mol. The van der Waals surface area contributed by atoms with Crippen molar-refractivity contribution >= 4 is 21.4 Å². The Labute approximate surface area is 156 Å². The third-order valence-electron chi connectivity index (χ3n) is 4.07. The van der Waals surface area contributed by atoms with Crippen LogP contribution in [0, 0.1) is 0 Å². The van der Waals surface area contributed by atoms with Gasteiger partial charge in [-0.3, -0.25) is 9.69 Å². The molecular formula is C20H26N2O3S. The lowest BCUT2D eigenvalue weighted by atomic mass is 10.0. The van der Waals surface area contributed by atoms with E-state index in [0.29, 0.717) is 18.2 Å². The Bertz CT molecular complexity index is 859. The zero-order chi connectivity index (χ0) is 19.3. The molecule has 2 aromatic rings. The average molecular weight is 375 g/mol. The summed E-state index contributed by atoms with van der Waals surface area (Å²) in [7, 11) is -1.54. The van der Waals surface area contributed by atoms with Gasteiger partial charge in [-0.2, -0.15) is 0 Å². The highest BCUT2D eigenvalue weighted by atomic mass is 32.2. The molecule has 6 heteroatoms. The van der Waals surface area contributed by atoms with E-state index in [9.17, 15) is 13.2 Å². The molecular weight excluding hydrogens is 348 g/mol. The van der Waals surface area contributed by atoms with Gasteiger partial charge in [0.05, 0.1) is 17.1 Å². The number of nitrogens with zero attached hydrogens (tertiary/aromatic N) is 1. The van der Waals surface area contributed by atoms with Crippen molar-refractivity contribution in [3.8, 4) is 0 Å². The third kappa shape index (κ3) is 5.68. The van der Waals surface area contributed by atoms with Crippen LogP contribution in [0.2, 0.25) is 0 Å². The maximum absolute atomic E-state index is 12.3. The van der Waals surface area contributed by atoms with Gasteiger partial charge in [0.2, 0.25) is 5.91 Å². The quantitative estimate of drug-likeness (QED) is 0.808. The zero-order valence-electron chi connectivity index (χ0n) is 15.7. The third-order valence-corrected chi connectivity index (χ3v) is 5.23. The lowest BCUT2D eigenvalue weighted by molar-refractivity contribution is -0.117. The van der Waals surface area contributed by atoms with Crippen LogP contribution < -0.4 is 5.32 Å². The maximum Gasteiger partial charge on any atom is 0.238 e. The standard InChI is InChI=1S/C20H26N2O3S/c1-15(2)17-11-9-16(10-12-17)13-22(3)14-20(23)21-18-7-5-6-8-19(18)26(4,24)25/h5-12,15H,13-14H2,1-4H3,(H,21,23). The molecule has 0 aromatic heterocycles. The van der Waals surface area contributed by atoms with Crippen LogP contribution in [0.15, 0.2) is 53.4 Å². The molecule has 2 aromatic carbocycles. The van der Waals surface area contributed by atoms with Crippen molar-refractivity contribution in [1.82, 2.24) is 4.90 Å². The Balaban J connectivity index is 1.98. The summed E-state index contributed by atoms with van der Waals surface area (Å²) in [6.45, 7) is 5.11. The van der Waals surface area contributed by atoms with Crippen LogP contribution >= 0.6 is 0 Å². The molecule has 1 N–H and O–H groups in total. The normalized spacial score (nSPS) is 11.8. The number of benzene rings is 2. The van der Waals surface area contributed by atoms with E-state index in [1.54, 1.807) is 18.2 Å². The number of rotatable bonds is 7. The van der Waals surface area contributed by atoms with E-state index in [0.717, 1.165) is 11.8 Å². The molecule has 140 valence electrons. The minimum Gasteiger partial charge on any atom is -0.324 e. The molecule has 0 aliphatic rings. The van der Waals surface area contributed by atoms with Gasteiger partial charge in [0.15, 0.2) is 9.84 Å². The van der Waals surface area contributed by atoms with Crippen molar-refractivity contribution < 1.29 is 13.2 Å². The fourth-order valence-electron chi connectivity index (χ4n) is 2.70. The Kier molecular flexibility index (Phi) is 6.56. The van der Waals surface area contributed by atoms with Crippen molar-refractivity contribution in [2.24, 2.45) is 0 Å². The van der Waals surface area contributed by atoms with Gasteiger partial charge >= 0.3 is 0 Å². The van der Waals surface area contributed by atoms with Crippen LogP contribution in [0.3, 0.4) is 0 Å². The fraction of sp³-hybridized carbons (Fsp3) is 0.350. The number of carbonyl (C=O) groups excluding carboxylic acids is 1. The number of para-hydroxylation sites is 1. The van der Waals surface area contributed by atoms with Crippen molar-refractivity contribution in [2.75, 3.05) is 25.2 Å². The Morgan fingerprint density at radius 1 is 1.08 bits per heavy atom. The minimum atomic E-state index is -3.40. The lowest BCUT2D eigenvalue weighted by Gasteiger charge is -2.17. The van der Waals surface area contributed by atoms with Gasteiger partial charge in [0.1, 0.15) is 0 Å². The molecule has 0 spiro atoms. The molecule has 2 rings (SSSR count). The number of hydrogen-bond donors (Lipinski definition) is 1. The molecule has 0 heterocycles. The molecule has 1 amide bonds. The molecule has 26 heavy (non-hydrogen) atoms. The largest absolute Gasteiger partial charge is 0.324 e. The Hall–Kier alpha value is -2.18. The highest BCUT2D eigenvalue weighted by Gasteiger charge is 2.15. The molecule has 5 nitrogen and oxygen atoms in total. The van der Waals surface area contributed by atoms with E-state index in [1.807, 2.05) is 11.9 Å². The topological polar surface area (TPSA) is 66.5 Å². The maximum atomic E-state index is 12.3. The number of amides is 1. The smallest absolute Gasteiger partial charge is 0.238 e. The van der Waals surface area contributed by atoms with Gasteiger partial charge in [-0.15, -0.1) is 0 Å². The van der Waals surface area contributed by atoms with Crippen LogP contribution in [-0.2, 0) is 21.2 Å². The van der Waals surface area contributed by atoms with Crippen LogP contribution in [0.5, 0.6) is 0 Å². The second-order valence-corrected chi connectivity index (χ2v) is 8.87. The number of carbonyl (C=O) groups is 1. The summed E-state index contributed by atoms with van der Waals surface area (Å²) in [6, 6.07) is 14.8. The SMILES string of the molecule is CC(C)c1ccc(CN(C)CC(=O)Nc2ccccc2S(C)(=O)=O)cc1. The predicted octanol–water partition coefficient (Wildman–Crippen LogP) is 3.28. The summed E-state index contributed by atoms with van der Waals surface area (Å²) in [5, 5.41) is 2.70. The first-order valence-corrected chi connectivity index (χ1v) is 10.4. The lowest BCUT2D eigenvalue weighted by Crippen LogP contribution is -2.30. The van der Waals surface area contributed by atoms with Crippen LogP contribution in [0.4, 0.5) is 5.69 Å². The van der Waals surface area contributed by atoms with Crippen LogP contribution in [0.1, 0.15) is 30.9 Å². The van der Waals surface area contributed by atoms with Gasteiger partial charge in [-0.25, -0.2) is 8.42 Å². The first-order chi connectivity index (χ1) is 12.2. The van der Waals surface area contributed by atoms with Gasteiger partial charge in [0.25, 0.3) is 0 Å². The minimum absolute atomic E-state index is 0.125. The van der Waals surface area contributed by atoms with Crippen molar-refractivity contribution in [2.45, 2.75) is 31.2 Å². The number of nitrogens with one attached hydrogen (secondary N) is 1. The first kappa shape index (κ1) is 20.1. The van der Waals surface area contributed by atoms with E-state index in [-0.39, 0.29) is 17.3 Å². The van der Waals surface area contributed by atoms with E-state index >= 15 is 0 Å². The van der Waals surface area contributed by atoms with E-state index in [2.05, 4.69) is 43.4 Å². The summed E-state index contributed by atoms with van der Waals surface area (Å²) >= 11 is 0. The number of hydrogen-bond acceptors (Lipinski definition) is 4. The summed E-state index contributed by atoms with van der Waals surface area (Å²) in [6.07, 6.45) is 1.13. The highest BCUT2D eigenvalue weighted by Crippen LogP contribution is 2.20. The zero-order valence-corrected chi connectivity index (χ0v) is 16.5. The van der Waals surface area contributed by atoms with Gasteiger partial charge in [-0.05, 0) is 36.2 Å². The highest BCUT2D eigenvalue weighted by molar-refractivity contribution is 7.90. The molecule has 0 atom stereocenters. The summed E-state index contributed by atoms with van der Waals surface area (Å²) in [5.41, 5.74) is 2.72.